The van der Waals surface area contributed by atoms with Crippen molar-refractivity contribution in [3.8, 4) is 0 Å². The molecule has 122 valence electrons. The zero-order chi connectivity index (χ0) is 15.5. The van der Waals surface area contributed by atoms with Gasteiger partial charge in [-0.15, -0.1) is 0 Å². The van der Waals surface area contributed by atoms with Crippen molar-refractivity contribution in [2.24, 2.45) is 28.9 Å². The lowest BCUT2D eigenvalue weighted by Gasteiger charge is -2.31. The molecule has 1 saturated heterocycles. The van der Waals surface area contributed by atoms with E-state index in [-0.39, 0.29) is 11.3 Å². The van der Waals surface area contributed by atoms with E-state index in [9.17, 15) is 4.79 Å². The minimum Gasteiger partial charge on any atom is -0.342 e. The van der Waals surface area contributed by atoms with Crippen LogP contribution in [0.3, 0.4) is 0 Å². The standard InChI is InChI=1S/C18H34N2O/c1-14(2)16(11-15-7-5-4-6-8-15)17(21)20-10-9-18(3,12-19)13-20/h14-16H,4-13,19H2,1-3H3. The molecule has 2 unspecified atom stereocenters. The minimum absolute atomic E-state index is 0.141. The molecule has 0 aromatic heterocycles. The summed E-state index contributed by atoms with van der Waals surface area (Å²) < 4.78 is 0. The van der Waals surface area contributed by atoms with Crippen LogP contribution in [0.4, 0.5) is 0 Å². The van der Waals surface area contributed by atoms with Gasteiger partial charge in [-0.1, -0.05) is 52.9 Å². The van der Waals surface area contributed by atoms with Gasteiger partial charge in [-0.2, -0.15) is 0 Å². The van der Waals surface area contributed by atoms with Gasteiger partial charge in [-0.3, -0.25) is 4.79 Å². The van der Waals surface area contributed by atoms with E-state index in [2.05, 4.69) is 25.7 Å². The zero-order valence-corrected chi connectivity index (χ0v) is 14.2. The highest BCUT2D eigenvalue weighted by molar-refractivity contribution is 5.79. The molecule has 1 amide bonds. The molecule has 3 nitrogen and oxygen atoms in total. The zero-order valence-electron chi connectivity index (χ0n) is 14.2. The van der Waals surface area contributed by atoms with Crippen LogP contribution in [0, 0.1) is 23.2 Å². The van der Waals surface area contributed by atoms with E-state index in [0.717, 1.165) is 31.8 Å². The van der Waals surface area contributed by atoms with Crippen molar-refractivity contribution < 1.29 is 4.79 Å². The van der Waals surface area contributed by atoms with Crippen LogP contribution in [0.1, 0.15) is 65.7 Å². The maximum atomic E-state index is 12.9. The fourth-order valence-electron chi connectivity index (χ4n) is 4.05. The lowest BCUT2D eigenvalue weighted by atomic mass is 9.78. The number of carbonyl (C=O) groups excluding carboxylic acids is 1. The van der Waals surface area contributed by atoms with E-state index in [4.69, 9.17) is 5.73 Å². The van der Waals surface area contributed by atoms with Crippen molar-refractivity contribution in [3.05, 3.63) is 0 Å². The van der Waals surface area contributed by atoms with E-state index < -0.39 is 0 Å². The van der Waals surface area contributed by atoms with Crippen LogP contribution >= 0.6 is 0 Å². The molecule has 2 rings (SSSR count). The summed E-state index contributed by atoms with van der Waals surface area (Å²) in [5, 5.41) is 0. The Morgan fingerprint density at radius 2 is 1.95 bits per heavy atom. The maximum Gasteiger partial charge on any atom is 0.225 e. The molecule has 1 heterocycles. The second kappa shape index (κ2) is 7.13. The van der Waals surface area contributed by atoms with Crippen molar-refractivity contribution >= 4 is 5.91 Å². The third-order valence-corrected chi connectivity index (χ3v) is 5.80. The molecule has 3 heteroatoms. The van der Waals surface area contributed by atoms with Crippen molar-refractivity contribution in [2.45, 2.75) is 65.7 Å². The Balaban J connectivity index is 1.96. The first kappa shape index (κ1) is 16.8. The van der Waals surface area contributed by atoms with Gasteiger partial charge in [-0.05, 0) is 36.6 Å². The first-order valence-electron chi connectivity index (χ1n) is 8.94. The smallest absolute Gasteiger partial charge is 0.225 e. The number of likely N-dealkylation sites (tertiary alicyclic amines) is 1. The molecule has 21 heavy (non-hydrogen) atoms. The number of carbonyl (C=O) groups is 1. The topological polar surface area (TPSA) is 46.3 Å². The third kappa shape index (κ3) is 4.21. The Hall–Kier alpha value is -0.570. The van der Waals surface area contributed by atoms with Crippen LogP contribution in [-0.4, -0.2) is 30.4 Å². The Labute approximate surface area is 130 Å². The Morgan fingerprint density at radius 3 is 2.48 bits per heavy atom. The fourth-order valence-corrected chi connectivity index (χ4v) is 4.05. The molecular formula is C18H34N2O. The average molecular weight is 294 g/mol. The third-order valence-electron chi connectivity index (χ3n) is 5.80. The van der Waals surface area contributed by atoms with E-state index in [1.807, 2.05) is 0 Å². The van der Waals surface area contributed by atoms with E-state index in [1.54, 1.807) is 0 Å². The van der Waals surface area contributed by atoms with Crippen LogP contribution in [0.2, 0.25) is 0 Å². The number of nitrogens with two attached hydrogens (primary N) is 1. The van der Waals surface area contributed by atoms with Gasteiger partial charge < -0.3 is 10.6 Å². The summed E-state index contributed by atoms with van der Waals surface area (Å²) in [4.78, 5) is 15.0. The summed E-state index contributed by atoms with van der Waals surface area (Å²) in [5.41, 5.74) is 6.02. The van der Waals surface area contributed by atoms with Crippen LogP contribution < -0.4 is 5.73 Å². The summed E-state index contributed by atoms with van der Waals surface area (Å²) in [7, 11) is 0. The lowest BCUT2D eigenvalue weighted by molar-refractivity contribution is -0.137. The van der Waals surface area contributed by atoms with Crippen LogP contribution in [-0.2, 0) is 4.79 Å². The quantitative estimate of drug-likeness (QED) is 0.844. The van der Waals surface area contributed by atoms with Crippen molar-refractivity contribution in [1.82, 2.24) is 4.90 Å². The van der Waals surface area contributed by atoms with Crippen LogP contribution in [0.15, 0.2) is 0 Å². The first-order valence-corrected chi connectivity index (χ1v) is 8.94. The molecule has 0 radical (unpaired) electrons. The Kier molecular flexibility index (Phi) is 5.70. The Bertz CT molecular complexity index is 349. The second-order valence-electron chi connectivity index (χ2n) is 8.11. The summed E-state index contributed by atoms with van der Waals surface area (Å²) in [6.45, 7) is 9.08. The number of rotatable bonds is 5. The molecule has 0 aromatic carbocycles. The predicted octanol–water partition coefficient (Wildman–Crippen LogP) is 3.43. The number of amides is 1. The van der Waals surface area contributed by atoms with Gasteiger partial charge in [0.1, 0.15) is 0 Å². The molecule has 2 N–H and O–H groups in total. The highest BCUT2D eigenvalue weighted by Gasteiger charge is 2.38. The Morgan fingerprint density at radius 1 is 1.29 bits per heavy atom. The van der Waals surface area contributed by atoms with Gasteiger partial charge in [0.2, 0.25) is 5.91 Å². The first-order chi connectivity index (χ1) is 9.95. The summed E-state index contributed by atoms with van der Waals surface area (Å²) >= 11 is 0. The van der Waals surface area contributed by atoms with Gasteiger partial charge in [0.05, 0.1) is 0 Å². The summed E-state index contributed by atoms with van der Waals surface area (Å²) in [5.74, 6) is 1.84. The lowest BCUT2D eigenvalue weighted by Crippen LogP contribution is -2.40. The molecule has 2 fully saturated rings. The minimum atomic E-state index is 0.141. The molecule has 0 aromatic rings. The maximum absolute atomic E-state index is 12.9. The SMILES string of the molecule is CC(C)C(CC1CCCCC1)C(=O)N1CCC(C)(CN)C1. The highest BCUT2D eigenvalue weighted by Crippen LogP contribution is 2.35. The van der Waals surface area contributed by atoms with Gasteiger partial charge >= 0.3 is 0 Å². The summed E-state index contributed by atoms with van der Waals surface area (Å²) in [6.07, 6.45) is 8.93. The van der Waals surface area contributed by atoms with E-state index in [1.165, 1.54) is 32.1 Å². The average Bonchev–Trinajstić information content (AvgIpc) is 2.88. The monoisotopic (exact) mass is 294 g/mol. The van der Waals surface area contributed by atoms with Gasteiger partial charge in [-0.25, -0.2) is 0 Å². The number of hydrogen-bond acceptors (Lipinski definition) is 2. The van der Waals surface area contributed by atoms with Crippen molar-refractivity contribution in [3.63, 3.8) is 0 Å². The molecule has 0 spiro atoms. The summed E-state index contributed by atoms with van der Waals surface area (Å²) in [6, 6.07) is 0. The van der Waals surface area contributed by atoms with Crippen molar-refractivity contribution in [2.75, 3.05) is 19.6 Å². The second-order valence-corrected chi connectivity index (χ2v) is 8.11. The molecule has 2 aliphatic rings. The van der Waals surface area contributed by atoms with Crippen LogP contribution in [0.5, 0.6) is 0 Å². The van der Waals surface area contributed by atoms with Crippen LogP contribution in [0.25, 0.3) is 0 Å². The fraction of sp³-hybridized carbons (Fsp3) is 0.944. The highest BCUT2D eigenvalue weighted by atomic mass is 16.2. The van der Waals surface area contributed by atoms with Gasteiger partial charge in [0, 0.05) is 19.0 Å². The van der Waals surface area contributed by atoms with Gasteiger partial charge in [0.25, 0.3) is 0 Å². The number of hydrogen-bond donors (Lipinski definition) is 1. The predicted molar refractivity (Wildman–Crippen MR) is 87.9 cm³/mol. The van der Waals surface area contributed by atoms with Gasteiger partial charge in [0.15, 0.2) is 0 Å². The molecule has 1 saturated carbocycles. The molecule has 1 aliphatic heterocycles. The largest absolute Gasteiger partial charge is 0.342 e. The van der Waals surface area contributed by atoms with E-state index >= 15 is 0 Å². The molecule has 1 aliphatic carbocycles. The molecule has 2 atom stereocenters. The molecular weight excluding hydrogens is 260 g/mol. The normalized spacial score (nSPS) is 29.1. The number of nitrogens with zero attached hydrogens (tertiary/aromatic N) is 1. The molecule has 0 bridgehead atoms. The van der Waals surface area contributed by atoms with E-state index in [0.29, 0.717) is 18.4 Å². The van der Waals surface area contributed by atoms with Crippen molar-refractivity contribution in [1.29, 1.82) is 0 Å².